The molecule has 4 heteroatoms. The molecule has 0 spiro atoms. The van der Waals surface area contributed by atoms with Gasteiger partial charge in [-0.15, -0.1) is 0 Å². The van der Waals surface area contributed by atoms with E-state index in [-0.39, 0.29) is 26.4 Å². The van der Waals surface area contributed by atoms with Crippen LogP contribution in [0.1, 0.15) is 1.43 Å². The van der Waals surface area contributed by atoms with Crippen molar-refractivity contribution in [2.45, 2.75) is 0 Å². The molecule has 0 saturated carbocycles. The largest absolute Gasteiger partial charge is 1.00 e. The fourth-order valence-electron chi connectivity index (χ4n) is 0. The van der Waals surface area contributed by atoms with Crippen molar-refractivity contribution in [1.29, 1.82) is 5.26 Å². The molecule has 0 atom stereocenters. The van der Waals surface area contributed by atoms with Gasteiger partial charge in [0.2, 0.25) is 0 Å². The third kappa shape index (κ3) is 160. The van der Waals surface area contributed by atoms with Crippen molar-refractivity contribution in [3.63, 3.8) is 0 Å². The summed E-state index contributed by atoms with van der Waals surface area (Å²) in [6.07, 6.45) is 0. The minimum absolute atomic E-state index is 0. The fourth-order valence-corrected chi connectivity index (χ4v) is 0. The average molecular weight is 84.1 g/mol. The standard InChI is InChI=1S/CHNS.Li.H3N.H/c2-1-3;;;/h3H;;1H3;/q;+1;;-1. The zero-order chi connectivity index (χ0) is 2.71. The van der Waals surface area contributed by atoms with Crippen LogP contribution in [-0.2, 0) is 0 Å². The van der Waals surface area contributed by atoms with Crippen molar-refractivity contribution in [3.05, 3.63) is 0 Å². The van der Waals surface area contributed by atoms with E-state index in [0.29, 0.717) is 0 Å². The first-order chi connectivity index (χ1) is 1.41. The Hall–Kier alpha value is 0.397. The van der Waals surface area contributed by atoms with Crippen LogP contribution in [0.2, 0.25) is 0 Å². The van der Waals surface area contributed by atoms with Gasteiger partial charge in [0.05, 0.1) is 0 Å². The summed E-state index contributed by atoms with van der Waals surface area (Å²) in [6, 6.07) is 0. The van der Waals surface area contributed by atoms with Crippen LogP contribution in [0, 0.1) is 10.7 Å². The molecule has 0 aromatic carbocycles. The molecule has 0 saturated heterocycles. The summed E-state index contributed by atoms with van der Waals surface area (Å²) in [5, 5.41) is 8.63. The number of nitriles is 1. The van der Waals surface area contributed by atoms with Crippen LogP contribution in [0.4, 0.5) is 0 Å². The summed E-state index contributed by atoms with van der Waals surface area (Å²) in [5.74, 6) is 0. The second-order valence-electron chi connectivity index (χ2n) is 0.100. The van der Waals surface area contributed by atoms with E-state index in [9.17, 15) is 0 Å². The molecule has 0 bridgehead atoms. The van der Waals surface area contributed by atoms with Crippen LogP contribution < -0.4 is 25.0 Å². The van der Waals surface area contributed by atoms with E-state index in [1.807, 2.05) is 0 Å². The van der Waals surface area contributed by atoms with E-state index in [4.69, 9.17) is 5.26 Å². The van der Waals surface area contributed by atoms with Gasteiger partial charge in [0.1, 0.15) is 5.40 Å². The van der Waals surface area contributed by atoms with Crippen LogP contribution in [0.15, 0.2) is 0 Å². The predicted molar refractivity (Wildman–Crippen MR) is 20.7 cm³/mol. The maximum atomic E-state index is 7.18. The zero-order valence-corrected chi connectivity index (χ0v) is 4.00. The summed E-state index contributed by atoms with van der Waals surface area (Å²) in [6.45, 7) is 0. The Morgan fingerprint density at radius 2 is 1.80 bits per heavy atom. The molecule has 0 aromatic rings. The molecule has 0 aromatic heterocycles. The summed E-state index contributed by atoms with van der Waals surface area (Å²) >= 11 is 3.09. The molecule has 0 aliphatic carbocycles. The number of thiocyanates is 1. The van der Waals surface area contributed by atoms with Crippen LogP contribution in [0.3, 0.4) is 0 Å². The van der Waals surface area contributed by atoms with Gasteiger partial charge in [-0.3, -0.25) is 0 Å². The molecule has 0 rings (SSSR count). The molecule has 2 nitrogen and oxygen atoms in total. The van der Waals surface area contributed by atoms with Gasteiger partial charge in [0, 0.05) is 0 Å². The third-order valence-electron chi connectivity index (χ3n) is 0. The Labute approximate surface area is 50.2 Å². The first-order valence-corrected chi connectivity index (χ1v) is 0.894. The van der Waals surface area contributed by atoms with Crippen molar-refractivity contribution >= 4 is 12.6 Å². The second kappa shape index (κ2) is 26.0. The predicted octanol–water partition coefficient (Wildman–Crippen LogP) is -2.32. The van der Waals surface area contributed by atoms with Crippen molar-refractivity contribution in [2.24, 2.45) is 0 Å². The Morgan fingerprint density at radius 3 is 1.80 bits per heavy atom. The molecular formula is CH5LiN2S. The number of hydrogen-bond donors (Lipinski definition) is 2. The van der Waals surface area contributed by atoms with Crippen molar-refractivity contribution < 1.29 is 20.3 Å². The maximum Gasteiger partial charge on any atom is 1.00 e. The van der Waals surface area contributed by atoms with Gasteiger partial charge < -0.3 is 7.58 Å². The van der Waals surface area contributed by atoms with Crippen molar-refractivity contribution in [1.82, 2.24) is 6.15 Å². The fraction of sp³-hybridized carbons (Fsp3) is 0. The van der Waals surface area contributed by atoms with E-state index in [1.54, 1.807) is 0 Å². The number of nitrogens with zero attached hydrogens (tertiary/aromatic N) is 1. The molecule has 0 amide bonds. The summed E-state index contributed by atoms with van der Waals surface area (Å²) in [7, 11) is 0. The smallest absolute Gasteiger partial charge is 1.00 e. The number of rotatable bonds is 0. The zero-order valence-electron chi connectivity index (χ0n) is 4.10. The van der Waals surface area contributed by atoms with Gasteiger partial charge >= 0.3 is 18.9 Å². The first kappa shape index (κ1) is 18.2. The van der Waals surface area contributed by atoms with E-state index in [2.05, 4.69) is 12.6 Å². The monoisotopic (exact) mass is 84.0 g/mol. The minimum Gasteiger partial charge on any atom is -1.00 e. The molecule has 0 unspecified atom stereocenters. The summed E-state index contributed by atoms with van der Waals surface area (Å²) in [4.78, 5) is 0. The van der Waals surface area contributed by atoms with Crippen LogP contribution in [0.25, 0.3) is 0 Å². The number of thiol groups is 1. The van der Waals surface area contributed by atoms with Crippen LogP contribution in [0.5, 0.6) is 0 Å². The quantitative estimate of drug-likeness (QED) is 0.196. The number of hydrogen-bond acceptors (Lipinski definition) is 3. The van der Waals surface area contributed by atoms with Gasteiger partial charge in [-0.2, -0.15) is 5.26 Å². The molecule has 0 heterocycles. The maximum absolute atomic E-state index is 7.18. The third-order valence-corrected chi connectivity index (χ3v) is 0. The molecular weight excluding hydrogens is 79.0 g/mol. The Bertz CT molecular complexity index is 35.0. The topological polar surface area (TPSA) is 58.8 Å². The van der Waals surface area contributed by atoms with Crippen LogP contribution in [-0.4, -0.2) is 0 Å². The van der Waals surface area contributed by atoms with Crippen LogP contribution >= 0.6 is 12.6 Å². The normalized spacial score (nSPS) is 1.60. The summed E-state index contributed by atoms with van der Waals surface area (Å²) < 4.78 is 0. The van der Waals surface area contributed by atoms with Gasteiger partial charge in [0.25, 0.3) is 0 Å². The first-order valence-electron chi connectivity index (χ1n) is 0.447. The van der Waals surface area contributed by atoms with Crippen molar-refractivity contribution in [2.75, 3.05) is 0 Å². The molecule has 26 valence electrons. The van der Waals surface area contributed by atoms with Crippen molar-refractivity contribution in [3.8, 4) is 5.40 Å². The molecule has 0 aliphatic heterocycles. The molecule has 0 radical (unpaired) electrons. The van der Waals surface area contributed by atoms with Gasteiger partial charge in [-0.05, 0) is 0 Å². The van der Waals surface area contributed by atoms with E-state index >= 15 is 0 Å². The Morgan fingerprint density at radius 1 is 1.80 bits per heavy atom. The molecule has 5 heavy (non-hydrogen) atoms. The Balaban J connectivity index is -0.00000000667. The van der Waals surface area contributed by atoms with E-state index < -0.39 is 0 Å². The van der Waals surface area contributed by atoms with E-state index in [0.717, 1.165) is 0 Å². The molecule has 0 aliphatic rings. The molecule has 0 fully saturated rings. The Kier molecular flexibility index (Phi) is 94.4. The second-order valence-corrected chi connectivity index (χ2v) is 0.300. The van der Waals surface area contributed by atoms with Gasteiger partial charge in [0.15, 0.2) is 0 Å². The van der Waals surface area contributed by atoms with Gasteiger partial charge in [-0.25, -0.2) is 0 Å². The minimum atomic E-state index is 0. The average Bonchev–Trinajstić information content (AvgIpc) is 0.918. The van der Waals surface area contributed by atoms with Gasteiger partial charge in [-0.1, -0.05) is 12.6 Å². The SMILES string of the molecule is N.N#CS.[H-].[Li+]. The van der Waals surface area contributed by atoms with E-state index in [1.165, 1.54) is 5.40 Å². The molecule has 3 N–H and O–H groups in total. The summed E-state index contributed by atoms with van der Waals surface area (Å²) in [5.41, 5.74) is 0.